The molecule has 1 N–H and O–H groups in total. The normalized spacial score (nSPS) is 22.9. The van der Waals surface area contributed by atoms with Gasteiger partial charge in [-0.15, -0.1) is 12.3 Å². The maximum absolute atomic E-state index is 11.9. The topological polar surface area (TPSA) is 66.8 Å². The number of ether oxygens (including phenoxy) is 1. The number of hydrogen-bond donors (Lipinski definition) is 1. The lowest BCUT2D eigenvalue weighted by Gasteiger charge is -2.26. The van der Waals surface area contributed by atoms with Crippen LogP contribution in [-0.2, 0) is 9.53 Å². The Bertz CT molecular complexity index is 405. The third-order valence-electron chi connectivity index (χ3n) is 3.21. The fourth-order valence-electron chi connectivity index (χ4n) is 2.15. The number of nitrogens with zero attached hydrogens (tertiary/aromatic N) is 1. The van der Waals surface area contributed by atoms with Gasteiger partial charge in [-0.05, 0) is 33.6 Å². The van der Waals surface area contributed by atoms with Gasteiger partial charge in [0.2, 0.25) is 0 Å². The van der Waals surface area contributed by atoms with E-state index in [0.29, 0.717) is 25.8 Å². The number of carbonyl (C=O) groups excluding carboxylic acids is 1. The average Bonchev–Trinajstić information content (AvgIpc) is 2.69. The van der Waals surface area contributed by atoms with Crippen LogP contribution in [-0.4, -0.2) is 40.8 Å². The number of terminal acetylenes is 1. The van der Waals surface area contributed by atoms with Crippen molar-refractivity contribution in [1.82, 2.24) is 4.90 Å². The van der Waals surface area contributed by atoms with E-state index in [-0.39, 0.29) is 6.54 Å². The number of hydrogen-bond acceptors (Lipinski definition) is 3. The molecule has 0 spiro atoms. The van der Waals surface area contributed by atoms with E-state index < -0.39 is 23.1 Å². The van der Waals surface area contributed by atoms with E-state index in [0.717, 1.165) is 0 Å². The summed E-state index contributed by atoms with van der Waals surface area (Å²) < 4.78 is 5.25. The summed E-state index contributed by atoms with van der Waals surface area (Å²) >= 11 is 0. The molecular formula is C14H21NO4. The number of aliphatic carboxylic acids is 1. The highest BCUT2D eigenvalue weighted by Gasteiger charge is 2.46. The van der Waals surface area contributed by atoms with E-state index in [9.17, 15) is 14.7 Å². The van der Waals surface area contributed by atoms with Crippen molar-refractivity contribution in [2.45, 2.75) is 45.6 Å². The predicted molar refractivity (Wildman–Crippen MR) is 70.6 cm³/mol. The molecule has 1 atom stereocenters. The zero-order valence-electron chi connectivity index (χ0n) is 11.7. The molecule has 0 bridgehead atoms. The van der Waals surface area contributed by atoms with Crippen molar-refractivity contribution >= 4 is 12.1 Å². The lowest BCUT2D eigenvalue weighted by Crippen LogP contribution is -2.39. The SMILES string of the molecule is C#CCCC1(C(=O)O)CCN(C(=O)OC(C)(C)C)C1. The molecule has 19 heavy (non-hydrogen) atoms. The summed E-state index contributed by atoms with van der Waals surface area (Å²) in [7, 11) is 0. The first-order chi connectivity index (χ1) is 8.70. The van der Waals surface area contributed by atoms with Crippen LogP contribution in [0.25, 0.3) is 0 Å². The zero-order chi connectivity index (χ0) is 14.7. The molecule has 0 aromatic rings. The summed E-state index contributed by atoms with van der Waals surface area (Å²) in [6, 6.07) is 0. The molecule has 1 aliphatic rings. The molecule has 1 heterocycles. The molecule has 0 radical (unpaired) electrons. The van der Waals surface area contributed by atoms with Crippen LogP contribution in [0.3, 0.4) is 0 Å². The van der Waals surface area contributed by atoms with Crippen molar-refractivity contribution in [3.05, 3.63) is 0 Å². The quantitative estimate of drug-likeness (QED) is 0.795. The third-order valence-corrected chi connectivity index (χ3v) is 3.21. The summed E-state index contributed by atoms with van der Waals surface area (Å²) in [5.41, 5.74) is -1.51. The maximum atomic E-state index is 11.9. The smallest absolute Gasteiger partial charge is 0.410 e. The Morgan fingerprint density at radius 1 is 1.47 bits per heavy atom. The summed E-state index contributed by atoms with van der Waals surface area (Å²) in [6.45, 7) is 5.90. The van der Waals surface area contributed by atoms with Crippen molar-refractivity contribution in [3.8, 4) is 12.3 Å². The van der Waals surface area contributed by atoms with Gasteiger partial charge in [0, 0.05) is 19.5 Å². The lowest BCUT2D eigenvalue weighted by atomic mass is 9.82. The minimum atomic E-state index is -0.927. The number of amides is 1. The summed E-state index contributed by atoms with van der Waals surface area (Å²) in [4.78, 5) is 24.8. The molecule has 106 valence electrons. The minimum absolute atomic E-state index is 0.166. The van der Waals surface area contributed by atoms with Crippen LogP contribution in [0.15, 0.2) is 0 Å². The minimum Gasteiger partial charge on any atom is -0.481 e. The van der Waals surface area contributed by atoms with Crippen molar-refractivity contribution in [2.75, 3.05) is 13.1 Å². The van der Waals surface area contributed by atoms with Gasteiger partial charge >= 0.3 is 12.1 Å². The lowest BCUT2D eigenvalue weighted by molar-refractivity contribution is -0.148. The van der Waals surface area contributed by atoms with Gasteiger partial charge in [0.05, 0.1) is 5.41 Å². The second kappa shape index (κ2) is 5.52. The van der Waals surface area contributed by atoms with E-state index in [1.165, 1.54) is 4.90 Å². The zero-order valence-corrected chi connectivity index (χ0v) is 11.7. The number of carboxylic acids is 1. The van der Waals surface area contributed by atoms with E-state index in [1.54, 1.807) is 20.8 Å². The molecule has 1 unspecified atom stereocenters. The summed E-state index contributed by atoms with van der Waals surface area (Å²) in [5.74, 6) is 1.56. The Balaban J connectivity index is 2.71. The van der Waals surface area contributed by atoms with Gasteiger partial charge in [0.15, 0.2) is 0 Å². The first-order valence-electron chi connectivity index (χ1n) is 6.35. The number of carbonyl (C=O) groups is 2. The van der Waals surface area contributed by atoms with Crippen LogP contribution in [0, 0.1) is 17.8 Å². The Morgan fingerprint density at radius 3 is 2.58 bits per heavy atom. The first-order valence-corrected chi connectivity index (χ1v) is 6.35. The van der Waals surface area contributed by atoms with Crippen LogP contribution in [0.4, 0.5) is 4.79 Å². The van der Waals surface area contributed by atoms with Crippen LogP contribution < -0.4 is 0 Å². The molecule has 0 aromatic carbocycles. The standard InChI is InChI=1S/C14H21NO4/c1-5-6-7-14(11(16)17)8-9-15(10-14)12(18)19-13(2,3)4/h1H,6-10H2,2-4H3,(H,16,17). The number of rotatable bonds is 3. The molecule has 0 aliphatic carbocycles. The first kappa shape index (κ1) is 15.4. The van der Waals surface area contributed by atoms with E-state index in [4.69, 9.17) is 11.2 Å². The van der Waals surface area contributed by atoms with Gasteiger partial charge in [-0.3, -0.25) is 4.79 Å². The maximum Gasteiger partial charge on any atom is 0.410 e. The highest BCUT2D eigenvalue weighted by molar-refractivity contribution is 5.78. The molecule has 5 nitrogen and oxygen atoms in total. The van der Waals surface area contributed by atoms with Gasteiger partial charge < -0.3 is 14.7 Å². The second-order valence-electron chi connectivity index (χ2n) is 5.94. The van der Waals surface area contributed by atoms with Gasteiger partial charge in [-0.25, -0.2) is 4.79 Å². The van der Waals surface area contributed by atoms with E-state index in [1.807, 2.05) is 0 Å². The molecule has 5 heteroatoms. The Labute approximate surface area is 113 Å². The van der Waals surface area contributed by atoms with E-state index in [2.05, 4.69) is 5.92 Å². The second-order valence-corrected chi connectivity index (χ2v) is 5.94. The highest BCUT2D eigenvalue weighted by Crippen LogP contribution is 2.36. The van der Waals surface area contributed by atoms with Crippen molar-refractivity contribution in [3.63, 3.8) is 0 Å². The number of likely N-dealkylation sites (tertiary alicyclic amines) is 1. The predicted octanol–water partition coefficient (Wildman–Crippen LogP) is 2.11. The molecule has 0 saturated carbocycles. The molecule has 1 rings (SSSR count). The monoisotopic (exact) mass is 267 g/mol. The van der Waals surface area contributed by atoms with E-state index >= 15 is 0 Å². The van der Waals surface area contributed by atoms with Crippen molar-refractivity contribution in [2.24, 2.45) is 5.41 Å². The van der Waals surface area contributed by atoms with Crippen molar-refractivity contribution < 1.29 is 19.4 Å². The Morgan fingerprint density at radius 2 is 2.11 bits per heavy atom. The molecule has 1 amide bonds. The largest absolute Gasteiger partial charge is 0.481 e. The fourth-order valence-corrected chi connectivity index (χ4v) is 2.15. The Kier molecular flexibility index (Phi) is 4.46. The summed E-state index contributed by atoms with van der Waals surface area (Å²) in [5, 5.41) is 9.38. The van der Waals surface area contributed by atoms with Gasteiger partial charge in [-0.2, -0.15) is 0 Å². The van der Waals surface area contributed by atoms with Gasteiger partial charge in [0.25, 0.3) is 0 Å². The van der Waals surface area contributed by atoms with Crippen LogP contribution in [0.2, 0.25) is 0 Å². The third kappa shape index (κ3) is 3.88. The van der Waals surface area contributed by atoms with Gasteiger partial charge in [0.1, 0.15) is 5.60 Å². The van der Waals surface area contributed by atoms with Crippen LogP contribution in [0.1, 0.15) is 40.0 Å². The van der Waals surface area contributed by atoms with Crippen LogP contribution >= 0.6 is 0 Å². The molecule has 1 fully saturated rings. The van der Waals surface area contributed by atoms with Crippen molar-refractivity contribution in [1.29, 1.82) is 0 Å². The molecular weight excluding hydrogens is 246 g/mol. The number of carboxylic acid groups (broad SMARTS) is 1. The highest BCUT2D eigenvalue weighted by atomic mass is 16.6. The molecule has 1 aliphatic heterocycles. The van der Waals surface area contributed by atoms with Crippen LogP contribution in [0.5, 0.6) is 0 Å². The Hall–Kier alpha value is -1.70. The molecule has 0 aromatic heterocycles. The molecule has 1 saturated heterocycles. The van der Waals surface area contributed by atoms with Gasteiger partial charge in [-0.1, -0.05) is 0 Å². The average molecular weight is 267 g/mol. The fraction of sp³-hybridized carbons (Fsp3) is 0.714. The summed E-state index contributed by atoms with van der Waals surface area (Å²) in [6.07, 6.45) is 5.94.